The predicted molar refractivity (Wildman–Crippen MR) is 50.2 cm³/mol. The van der Waals surface area contributed by atoms with Crippen molar-refractivity contribution in [1.82, 2.24) is 0 Å². The summed E-state index contributed by atoms with van der Waals surface area (Å²) in [5, 5.41) is 0. The minimum absolute atomic E-state index is 0.410. The van der Waals surface area contributed by atoms with Crippen molar-refractivity contribution in [3.63, 3.8) is 0 Å². The molecule has 0 heterocycles. The van der Waals surface area contributed by atoms with Crippen molar-refractivity contribution in [3.8, 4) is 0 Å². The first-order valence-electron chi connectivity index (χ1n) is 4.23. The fourth-order valence-corrected chi connectivity index (χ4v) is 0.920. The molecule has 70 valence electrons. The van der Waals surface area contributed by atoms with Crippen LogP contribution in [-0.4, -0.2) is 0 Å². The highest BCUT2D eigenvalue weighted by Gasteiger charge is 1.99. The Balaban J connectivity index is 2.85. The highest BCUT2D eigenvalue weighted by molar-refractivity contribution is 5.49. The van der Waals surface area contributed by atoms with Crippen LogP contribution in [0.3, 0.4) is 0 Å². The number of hydrogen-bond donors (Lipinski definition) is 0. The van der Waals surface area contributed by atoms with E-state index in [-0.39, 0.29) is 0 Å². The molecule has 13 heavy (non-hydrogen) atoms. The van der Waals surface area contributed by atoms with Crippen molar-refractivity contribution in [1.29, 1.82) is 0 Å². The van der Waals surface area contributed by atoms with Gasteiger partial charge in [-0.15, -0.1) is 0 Å². The summed E-state index contributed by atoms with van der Waals surface area (Å²) in [4.78, 5) is 0. The topological polar surface area (TPSA) is 0 Å². The lowest BCUT2D eigenvalue weighted by Crippen LogP contribution is -1.84. The van der Waals surface area contributed by atoms with Crippen molar-refractivity contribution in [3.05, 3.63) is 41.5 Å². The molecule has 1 rings (SSSR count). The monoisotopic (exact) mass is 182 g/mol. The summed E-state index contributed by atoms with van der Waals surface area (Å²) in [5.74, 6) is -1.19. The molecular weight excluding hydrogens is 170 g/mol. The van der Waals surface area contributed by atoms with Crippen LogP contribution in [-0.2, 0) is 0 Å². The fourth-order valence-electron chi connectivity index (χ4n) is 0.920. The van der Waals surface area contributed by atoms with Gasteiger partial charge in [-0.1, -0.05) is 32.1 Å². The van der Waals surface area contributed by atoms with E-state index in [2.05, 4.69) is 0 Å². The van der Waals surface area contributed by atoms with E-state index in [1.165, 1.54) is 6.07 Å². The Morgan fingerprint density at radius 3 is 2.38 bits per heavy atom. The predicted octanol–water partition coefficient (Wildman–Crippen LogP) is 3.63. The number of allylic oxidation sites excluding steroid dienone is 1. The zero-order valence-corrected chi connectivity index (χ0v) is 7.72. The zero-order valence-electron chi connectivity index (χ0n) is 7.72. The SMILES string of the molecule is CC(C)/C=C/c1ccc(F)c(F)c1. The van der Waals surface area contributed by atoms with Gasteiger partial charge in [-0.05, 0) is 23.6 Å². The van der Waals surface area contributed by atoms with Gasteiger partial charge in [0.2, 0.25) is 0 Å². The molecule has 0 atom stereocenters. The Hall–Kier alpha value is -1.18. The number of benzene rings is 1. The van der Waals surface area contributed by atoms with Crippen LogP contribution in [0.5, 0.6) is 0 Å². The standard InChI is InChI=1S/C11H12F2/c1-8(2)3-4-9-5-6-10(12)11(13)7-9/h3-8H,1-2H3/b4-3+. The first-order chi connectivity index (χ1) is 6.09. The van der Waals surface area contributed by atoms with Gasteiger partial charge in [-0.25, -0.2) is 8.78 Å². The first-order valence-corrected chi connectivity index (χ1v) is 4.23. The molecule has 0 radical (unpaired) electrons. The van der Waals surface area contributed by atoms with Crippen LogP contribution in [0.15, 0.2) is 24.3 Å². The fraction of sp³-hybridized carbons (Fsp3) is 0.273. The second-order valence-corrected chi connectivity index (χ2v) is 3.28. The summed E-state index contributed by atoms with van der Waals surface area (Å²) < 4.78 is 25.2. The van der Waals surface area contributed by atoms with Crippen LogP contribution in [0.4, 0.5) is 8.78 Å². The lowest BCUT2D eigenvalue weighted by Gasteiger charge is -1.97. The van der Waals surface area contributed by atoms with Crippen LogP contribution < -0.4 is 0 Å². The molecule has 0 aliphatic carbocycles. The summed E-state index contributed by atoms with van der Waals surface area (Å²) in [6.07, 6.45) is 3.72. The van der Waals surface area contributed by atoms with Crippen LogP contribution in [0, 0.1) is 17.6 Å². The third kappa shape index (κ3) is 2.98. The highest BCUT2D eigenvalue weighted by atomic mass is 19.2. The number of rotatable bonds is 2. The molecule has 1 aromatic carbocycles. The highest BCUT2D eigenvalue weighted by Crippen LogP contribution is 2.10. The summed E-state index contributed by atoms with van der Waals surface area (Å²) in [6.45, 7) is 4.05. The van der Waals surface area contributed by atoms with Gasteiger partial charge in [0.25, 0.3) is 0 Å². The summed E-state index contributed by atoms with van der Waals surface area (Å²) in [7, 11) is 0. The number of hydrogen-bond acceptors (Lipinski definition) is 0. The Morgan fingerprint density at radius 1 is 1.15 bits per heavy atom. The van der Waals surface area contributed by atoms with Gasteiger partial charge < -0.3 is 0 Å². The molecule has 0 unspecified atom stereocenters. The molecule has 0 aliphatic rings. The van der Waals surface area contributed by atoms with Gasteiger partial charge in [0.15, 0.2) is 11.6 Å². The van der Waals surface area contributed by atoms with Gasteiger partial charge >= 0.3 is 0 Å². The largest absolute Gasteiger partial charge is 0.204 e. The number of halogens is 2. The smallest absolute Gasteiger partial charge is 0.159 e. The molecule has 0 nitrogen and oxygen atoms in total. The molecule has 0 spiro atoms. The van der Waals surface area contributed by atoms with Crippen LogP contribution in [0.2, 0.25) is 0 Å². The Labute approximate surface area is 76.9 Å². The van der Waals surface area contributed by atoms with E-state index in [0.29, 0.717) is 11.5 Å². The molecule has 0 aromatic heterocycles. The van der Waals surface area contributed by atoms with Gasteiger partial charge in [-0.2, -0.15) is 0 Å². The minimum atomic E-state index is -0.804. The van der Waals surface area contributed by atoms with Gasteiger partial charge in [0, 0.05) is 0 Å². The molecule has 0 N–H and O–H groups in total. The van der Waals surface area contributed by atoms with E-state index < -0.39 is 11.6 Å². The maximum Gasteiger partial charge on any atom is 0.159 e. The maximum atomic E-state index is 12.7. The van der Waals surface area contributed by atoms with E-state index >= 15 is 0 Å². The lowest BCUT2D eigenvalue weighted by molar-refractivity contribution is 0.508. The third-order valence-electron chi connectivity index (χ3n) is 1.62. The zero-order chi connectivity index (χ0) is 9.84. The molecular formula is C11H12F2. The molecule has 0 saturated heterocycles. The van der Waals surface area contributed by atoms with Crippen molar-refractivity contribution < 1.29 is 8.78 Å². The maximum absolute atomic E-state index is 12.7. The van der Waals surface area contributed by atoms with E-state index in [1.54, 1.807) is 12.1 Å². The molecule has 0 aliphatic heterocycles. The van der Waals surface area contributed by atoms with E-state index in [4.69, 9.17) is 0 Å². The van der Waals surface area contributed by atoms with Gasteiger partial charge in [0.1, 0.15) is 0 Å². The van der Waals surface area contributed by atoms with Crippen molar-refractivity contribution in [2.24, 2.45) is 5.92 Å². The Kier molecular flexibility index (Phi) is 3.18. The summed E-state index contributed by atoms with van der Waals surface area (Å²) in [6, 6.07) is 3.88. The minimum Gasteiger partial charge on any atom is -0.204 e. The van der Waals surface area contributed by atoms with E-state index in [9.17, 15) is 8.78 Å². The summed E-state index contributed by atoms with van der Waals surface area (Å²) >= 11 is 0. The molecule has 1 aromatic rings. The quantitative estimate of drug-likeness (QED) is 0.655. The van der Waals surface area contributed by atoms with Crippen LogP contribution in [0.1, 0.15) is 19.4 Å². The third-order valence-corrected chi connectivity index (χ3v) is 1.62. The summed E-state index contributed by atoms with van der Waals surface area (Å²) in [5.41, 5.74) is 0.688. The second-order valence-electron chi connectivity index (χ2n) is 3.28. The Bertz CT molecular complexity index is 314. The molecule has 0 fully saturated rings. The average Bonchev–Trinajstić information content (AvgIpc) is 2.07. The second kappa shape index (κ2) is 4.17. The van der Waals surface area contributed by atoms with Gasteiger partial charge in [-0.3, -0.25) is 0 Å². The molecule has 0 saturated carbocycles. The first kappa shape index (κ1) is 9.90. The van der Waals surface area contributed by atoms with Gasteiger partial charge in [0.05, 0.1) is 0 Å². The lowest BCUT2D eigenvalue weighted by atomic mass is 10.1. The van der Waals surface area contributed by atoms with Crippen LogP contribution in [0.25, 0.3) is 6.08 Å². The van der Waals surface area contributed by atoms with Crippen LogP contribution >= 0.6 is 0 Å². The van der Waals surface area contributed by atoms with E-state index in [0.717, 1.165) is 6.07 Å². The molecule has 2 heteroatoms. The average molecular weight is 182 g/mol. The van der Waals surface area contributed by atoms with Crippen molar-refractivity contribution in [2.75, 3.05) is 0 Å². The normalized spacial score (nSPS) is 11.5. The molecule has 0 amide bonds. The van der Waals surface area contributed by atoms with Crippen molar-refractivity contribution >= 4 is 6.08 Å². The molecule has 0 bridgehead atoms. The van der Waals surface area contributed by atoms with Crippen molar-refractivity contribution in [2.45, 2.75) is 13.8 Å². The Morgan fingerprint density at radius 2 is 1.85 bits per heavy atom. The van der Waals surface area contributed by atoms with E-state index in [1.807, 2.05) is 19.9 Å².